The highest BCUT2D eigenvalue weighted by atomic mass is 127. The van der Waals surface area contributed by atoms with Crippen molar-refractivity contribution in [3.8, 4) is 0 Å². The number of nitrogens with zero attached hydrogens (tertiary/aromatic N) is 2. The molecule has 2 aromatic rings. The van der Waals surface area contributed by atoms with Gasteiger partial charge in [0.05, 0.1) is 11.4 Å². The predicted octanol–water partition coefficient (Wildman–Crippen LogP) is 3.12. The Morgan fingerprint density at radius 1 is 1.17 bits per heavy atom. The zero-order chi connectivity index (χ0) is 13.1. The summed E-state index contributed by atoms with van der Waals surface area (Å²) in [5.41, 5.74) is 3.15. The van der Waals surface area contributed by atoms with Crippen molar-refractivity contribution in [3.05, 3.63) is 56.4 Å². The minimum Gasteiger partial charge on any atom is -0.294 e. The van der Waals surface area contributed by atoms with Crippen LogP contribution in [-0.2, 0) is 6.42 Å². The molecule has 3 nitrogen and oxygen atoms in total. The predicted molar refractivity (Wildman–Crippen MR) is 78.7 cm³/mol. The molecule has 0 radical (unpaired) electrons. The Balaban J connectivity index is 2.21. The van der Waals surface area contributed by atoms with Crippen molar-refractivity contribution >= 4 is 28.4 Å². The van der Waals surface area contributed by atoms with Gasteiger partial charge < -0.3 is 0 Å². The fraction of sp³-hybridized carbons (Fsp3) is 0.214. The molecule has 0 spiro atoms. The summed E-state index contributed by atoms with van der Waals surface area (Å²) in [5.74, 6) is 0.0895. The van der Waals surface area contributed by atoms with Crippen molar-refractivity contribution in [3.63, 3.8) is 0 Å². The minimum atomic E-state index is 0.0895. The molecule has 18 heavy (non-hydrogen) atoms. The molecule has 1 aromatic carbocycles. The second-order valence-electron chi connectivity index (χ2n) is 4.21. The highest BCUT2D eigenvalue weighted by molar-refractivity contribution is 14.1. The van der Waals surface area contributed by atoms with Crippen LogP contribution in [0.2, 0.25) is 0 Å². The number of aryl methyl sites for hydroxylation is 2. The van der Waals surface area contributed by atoms with E-state index in [0.29, 0.717) is 17.7 Å². The lowest BCUT2D eigenvalue weighted by Gasteiger charge is -2.05. The number of benzene rings is 1. The van der Waals surface area contributed by atoms with Crippen molar-refractivity contribution in [1.82, 2.24) is 10.2 Å². The lowest BCUT2D eigenvalue weighted by atomic mass is 10.0. The van der Waals surface area contributed by atoms with E-state index in [2.05, 4.69) is 32.8 Å². The molecule has 0 aliphatic heterocycles. The summed E-state index contributed by atoms with van der Waals surface area (Å²) < 4.78 is 1.17. The molecule has 0 aliphatic carbocycles. The Labute approximate surface area is 120 Å². The summed E-state index contributed by atoms with van der Waals surface area (Å²) in [6.45, 7) is 3.65. The maximum Gasteiger partial charge on any atom is 0.169 e. The van der Waals surface area contributed by atoms with Crippen LogP contribution in [0.5, 0.6) is 0 Å². The highest BCUT2D eigenvalue weighted by Gasteiger charge is 2.11. The van der Waals surface area contributed by atoms with Gasteiger partial charge in [-0.2, -0.15) is 10.2 Å². The minimum absolute atomic E-state index is 0.0895. The number of aromatic nitrogens is 2. The largest absolute Gasteiger partial charge is 0.294 e. The molecule has 0 amide bonds. The third-order valence-corrected chi connectivity index (χ3v) is 3.40. The van der Waals surface area contributed by atoms with Gasteiger partial charge in [-0.05, 0) is 60.2 Å². The standard InChI is InChI=1S/C14H13IN2O/c1-9-7-13(10(2)17-16-9)14(18)8-11-3-5-12(15)6-4-11/h3-7H,8H2,1-2H3. The number of carbonyl (C=O) groups is 1. The van der Waals surface area contributed by atoms with E-state index in [-0.39, 0.29) is 5.78 Å². The van der Waals surface area contributed by atoms with E-state index in [9.17, 15) is 4.79 Å². The van der Waals surface area contributed by atoms with Crippen LogP contribution in [0.15, 0.2) is 30.3 Å². The third kappa shape index (κ3) is 3.13. The van der Waals surface area contributed by atoms with Crippen LogP contribution in [0, 0.1) is 17.4 Å². The number of carbonyl (C=O) groups excluding carboxylic acids is 1. The molecule has 0 unspecified atom stereocenters. The molecular formula is C14H13IN2O. The summed E-state index contributed by atoms with van der Waals surface area (Å²) in [5, 5.41) is 7.92. The van der Waals surface area contributed by atoms with Gasteiger partial charge in [0.2, 0.25) is 0 Å². The number of ketones is 1. The smallest absolute Gasteiger partial charge is 0.169 e. The van der Waals surface area contributed by atoms with Gasteiger partial charge in [0.25, 0.3) is 0 Å². The topological polar surface area (TPSA) is 42.9 Å². The van der Waals surface area contributed by atoms with Crippen LogP contribution < -0.4 is 0 Å². The normalized spacial score (nSPS) is 10.4. The van der Waals surface area contributed by atoms with Crippen LogP contribution >= 0.6 is 22.6 Å². The number of Topliss-reactive ketones (excluding diaryl/α,β-unsaturated/α-hetero) is 1. The van der Waals surface area contributed by atoms with Gasteiger partial charge in [0.1, 0.15) is 0 Å². The van der Waals surface area contributed by atoms with E-state index in [1.54, 1.807) is 6.07 Å². The summed E-state index contributed by atoms with van der Waals surface area (Å²) in [7, 11) is 0. The van der Waals surface area contributed by atoms with Crippen molar-refractivity contribution in [2.75, 3.05) is 0 Å². The molecule has 0 saturated heterocycles. The van der Waals surface area contributed by atoms with Gasteiger partial charge in [-0.15, -0.1) is 0 Å². The van der Waals surface area contributed by atoms with E-state index in [4.69, 9.17) is 0 Å². The van der Waals surface area contributed by atoms with Gasteiger partial charge >= 0.3 is 0 Å². The fourth-order valence-electron chi connectivity index (χ4n) is 1.72. The third-order valence-electron chi connectivity index (χ3n) is 2.68. The number of rotatable bonds is 3. The van der Waals surface area contributed by atoms with Crippen LogP contribution in [0.3, 0.4) is 0 Å². The number of hydrogen-bond donors (Lipinski definition) is 0. The zero-order valence-electron chi connectivity index (χ0n) is 10.3. The van der Waals surface area contributed by atoms with Crippen LogP contribution in [0.1, 0.15) is 27.3 Å². The number of halogens is 1. The van der Waals surface area contributed by atoms with Gasteiger partial charge in [-0.3, -0.25) is 4.79 Å². The van der Waals surface area contributed by atoms with Crippen molar-refractivity contribution in [2.24, 2.45) is 0 Å². The first-order valence-corrected chi connectivity index (χ1v) is 6.72. The molecule has 0 atom stereocenters. The Morgan fingerprint density at radius 2 is 1.83 bits per heavy atom. The molecule has 0 saturated carbocycles. The van der Waals surface area contributed by atoms with E-state index in [1.165, 1.54) is 3.57 Å². The van der Waals surface area contributed by atoms with Gasteiger partial charge in [0.15, 0.2) is 5.78 Å². The first-order chi connectivity index (χ1) is 8.56. The van der Waals surface area contributed by atoms with Gasteiger partial charge in [-0.25, -0.2) is 0 Å². The second-order valence-corrected chi connectivity index (χ2v) is 5.46. The van der Waals surface area contributed by atoms with Crippen LogP contribution in [0.25, 0.3) is 0 Å². The quantitative estimate of drug-likeness (QED) is 0.630. The molecule has 0 N–H and O–H groups in total. The highest BCUT2D eigenvalue weighted by Crippen LogP contribution is 2.12. The second kappa shape index (κ2) is 5.56. The lowest BCUT2D eigenvalue weighted by molar-refractivity contribution is 0.0991. The molecule has 92 valence electrons. The zero-order valence-corrected chi connectivity index (χ0v) is 12.4. The van der Waals surface area contributed by atoms with Gasteiger partial charge in [-0.1, -0.05) is 12.1 Å². The van der Waals surface area contributed by atoms with Crippen molar-refractivity contribution in [2.45, 2.75) is 20.3 Å². The Morgan fingerprint density at radius 3 is 2.50 bits per heavy atom. The first kappa shape index (κ1) is 13.1. The monoisotopic (exact) mass is 352 g/mol. The summed E-state index contributed by atoms with van der Waals surface area (Å²) in [6, 6.07) is 9.78. The summed E-state index contributed by atoms with van der Waals surface area (Å²) in [6.07, 6.45) is 0.406. The maximum absolute atomic E-state index is 12.2. The number of hydrogen-bond acceptors (Lipinski definition) is 3. The Kier molecular flexibility index (Phi) is 4.06. The molecule has 0 aliphatic rings. The average Bonchev–Trinajstić information content (AvgIpc) is 2.35. The molecule has 0 bridgehead atoms. The van der Waals surface area contributed by atoms with Crippen molar-refractivity contribution < 1.29 is 4.79 Å². The Hall–Kier alpha value is -1.30. The van der Waals surface area contributed by atoms with Crippen LogP contribution in [0.4, 0.5) is 0 Å². The van der Waals surface area contributed by atoms with E-state index in [1.807, 2.05) is 38.1 Å². The fourth-order valence-corrected chi connectivity index (χ4v) is 2.07. The van der Waals surface area contributed by atoms with E-state index >= 15 is 0 Å². The molecule has 1 heterocycles. The molecule has 4 heteroatoms. The molecule has 2 rings (SSSR count). The molecular weight excluding hydrogens is 339 g/mol. The summed E-state index contributed by atoms with van der Waals surface area (Å²) >= 11 is 2.25. The Bertz CT molecular complexity index is 579. The van der Waals surface area contributed by atoms with Crippen LogP contribution in [-0.4, -0.2) is 16.0 Å². The van der Waals surface area contributed by atoms with E-state index in [0.717, 1.165) is 11.3 Å². The molecule has 0 fully saturated rings. The summed E-state index contributed by atoms with van der Waals surface area (Å²) in [4.78, 5) is 12.2. The lowest BCUT2D eigenvalue weighted by Crippen LogP contribution is -2.08. The van der Waals surface area contributed by atoms with Crippen molar-refractivity contribution in [1.29, 1.82) is 0 Å². The van der Waals surface area contributed by atoms with E-state index < -0.39 is 0 Å². The average molecular weight is 352 g/mol. The maximum atomic E-state index is 12.2. The first-order valence-electron chi connectivity index (χ1n) is 5.65. The van der Waals surface area contributed by atoms with Gasteiger partial charge in [0, 0.05) is 15.6 Å². The SMILES string of the molecule is Cc1cc(C(=O)Cc2ccc(I)cc2)c(C)nn1. The molecule has 1 aromatic heterocycles.